The van der Waals surface area contributed by atoms with Crippen LogP contribution in [-0.4, -0.2) is 12.1 Å². The van der Waals surface area contributed by atoms with Crippen LogP contribution in [0.5, 0.6) is 0 Å². The summed E-state index contributed by atoms with van der Waals surface area (Å²) in [5.41, 5.74) is 1.07. The van der Waals surface area contributed by atoms with Gasteiger partial charge in [-0.05, 0) is 55.3 Å². The summed E-state index contributed by atoms with van der Waals surface area (Å²) in [6.45, 7) is 14.5. The summed E-state index contributed by atoms with van der Waals surface area (Å²) in [5, 5.41) is 3.94. The summed E-state index contributed by atoms with van der Waals surface area (Å²) in [5.74, 6) is 1.76. The van der Waals surface area contributed by atoms with Crippen LogP contribution in [0.15, 0.2) is 0 Å². The molecule has 2 fully saturated rings. The first kappa shape index (κ1) is 13.4. The highest BCUT2D eigenvalue weighted by Crippen LogP contribution is 2.65. The smallest absolute Gasteiger partial charge is 0.0131 e. The summed E-state index contributed by atoms with van der Waals surface area (Å²) in [6.07, 6.45) is 5.60. The summed E-state index contributed by atoms with van der Waals surface area (Å²) < 4.78 is 0. The third kappa shape index (κ3) is 2.05. The van der Waals surface area contributed by atoms with E-state index in [4.69, 9.17) is 0 Å². The summed E-state index contributed by atoms with van der Waals surface area (Å²) in [7, 11) is 0. The number of fused-ring (bicyclic) bond motifs is 2. The highest BCUT2D eigenvalue weighted by atomic mass is 15.0. The number of nitrogens with one attached hydrogen (secondary N) is 1. The van der Waals surface area contributed by atoms with Crippen molar-refractivity contribution < 1.29 is 0 Å². The van der Waals surface area contributed by atoms with Crippen molar-refractivity contribution in [3.63, 3.8) is 0 Å². The second-order valence-electron chi connectivity index (χ2n) is 7.86. The van der Waals surface area contributed by atoms with E-state index < -0.39 is 0 Å². The molecule has 1 N–H and O–H groups in total. The summed E-state index contributed by atoms with van der Waals surface area (Å²) >= 11 is 0. The lowest BCUT2D eigenvalue weighted by atomic mass is 9.69. The first-order valence-electron chi connectivity index (χ1n) is 7.53. The molecule has 1 heteroatoms. The van der Waals surface area contributed by atoms with Gasteiger partial charge in [0.2, 0.25) is 0 Å². The normalized spacial score (nSPS) is 41.1. The van der Waals surface area contributed by atoms with E-state index in [1.807, 2.05) is 0 Å². The fourth-order valence-corrected chi connectivity index (χ4v) is 4.57. The molecule has 2 aliphatic carbocycles. The van der Waals surface area contributed by atoms with Crippen molar-refractivity contribution in [2.45, 2.75) is 79.3 Å². The molecule has 17 heavy (non-hydrogen) atoms. The van der Waals surface area contributed by atoms with Gasteiger partial charge in [0.25, 0.3) is 0 Å². The van der Waals surface area contributed by atoms with Gasteiger partial charge in [-0.1, -0.05) is 34.6 Å². The van der Waals surface area contributed by atoms with E-state index in [1.54, 1.807) is 0 Å². The molecule has 2 bridgehead atoms. The zero-order valence-electron chi connectivity index (χ0n) is 12.6. The van der Waals surface area contributed by atoms with Crippen LogP contribution in [0.1, 0.15) is 67.2 Å². The van der Waals surface area contributed by atoms with E-state index in [0.717, 1.165) is 17.9 Å². The summed E-state index contributed by atoms with van der Waals surface area (Å²) in [6, 6.07) is 1.43. The quantitative estimate of drug-likeness (QED) is 0.771. The molecule has 0 amide bonds. The minimum atomic E-state index is 0.531. The Bertz CT molecular complexity index is 281. The van der Waals surface area contributed by atoms with Crippen molar-refractivity contribution in [1.29, 1.82) is 0 Å². The minimum Gasteiger partial charge on any atom is -0.311 e. The fraction of sp³-hybridized carbons (Fsp3) is 1.00. The largest absolute Gasteiger partial charge is 0.311 e. The molecule has 0 aromatic heterocycles. The van der Waals surface area contributed by atoms with Gasteiger partial charge < -0.3 is 5.32 Å². The van der Waals surface area contributed by atoms with Gasteiger partial charge >= 0.3 is 0 Å². The van der Waals surface area contributed by atoms with E-state index in [1.165, 1.54) is 25.7 Å². The van der Waals surface area contributed by atoms with E-state index in [9.17, 15) is 0 Å². The van der Waals surface area contributed by atoms with Gasteiger partial charge in [-0.3, -0.25) is 0 Å². The Morgan fingerprint density at radius 2 is 1.82 bits per heavy atom. The van der Waals surface area contributed by atoms with Crippen molar-refractivity contribution in [1.82, 2.24) is 5.32 Å². The van der Waals surface area contributed by atoms with Crippen LogP contribution in [-0.2, 0) is 0 Å². The Morgan fingerprint density at radius 1 is 1.18 bits per heavy atom. The second-order valence-corrected chi connectivity index (χ2v) is 7.86. The van der Waals surface area contributed by atoms with Crippen molar-refractivity contribution >= 4 is 0 Å². The molecule has 0 aromatic carbocycles. The van der Waals surface area contributed by atoms with Crippen molar-refractivity contribution in [2.24, 2.45) is 22.7 Å². The molecule has 0 spiro atoms. The number of hydrogen-bond donors (Lipinski definition) is 1. The Morgan fingerprint density at radius 3 is 2.24 bits per heavy atom. The Labute approximate surface area is 108 Å². The zero-order valence-corrected chi connectivity index (χ0v) is 12.6. The fourth-order valence-electron chi connectivity index (χ4n) is 4.57. The van der Waals surface area contributed by atoms with E-state index in [-0.39, 0.29) is 0 Å². The monoisotopic (exact) mass is 237 g/mol. The van der Waals surface area contributed by atoms with Crippen LogP contribution in [0.3, 0.4) is 0 Å². The lowest BCUT2D eigenvalue weighted by Gasteiger charge is -2.41. The van der Waals surface area contributed by atoms with Gasteiger partial charge in [0.1, 0.15) is 0 Å². The molecular weight excluding hydrogens is 206 g/mol. The zero-order chi connectivity index (χ0) is 12.8. The maximum absolute atomic E-state index is 3.94. The molecule has 2 aliphatic rings. The predicted molar refractivity (Wildman–Crippen MR) is 75.1 cm³/mol. The third-order valence-electron chi connectivity index (χ3n) is 6.10. The first-order valence-corrected chi connectivity index (χ1v) is 7.53. The molecule has 100 valence electrons. The highest BCUT2D eigenvalue weighted by molar-refractivity contribution is 5.13. The average molecular weight is 237 g/mol. The predicted octanol–water partition coefficient (Wildman–Crippen LogP) is 4.23. The van der Waals surface area contributed by atoms with Crippen LogP contribution in [0.2, 0.25) is 0 Å². The van der Waals surface area contributed by atoms with Gasteiger partial charge in [0.15, 0.2) is 0 Å². The number of hydrogen-bond acceptors (Lipinski definition) is 1. The topological polar surface area (TPSA) is 12.0 Å². The van der Waals surface area contributed by atoms with Crippen LogP contribution in [0.4, 0.5) is 0 Å². The molecular formula is C16H31N. The molecule has 4 atom stereocenters. The van der Waals surface area contributed by atoms with E-state index >= 15 is 0 Å². The van der Waals surface area contributed by atoms with E-state index in [2.05, 4.69) is 46.9 Å². The maximum Gasteiger partial charge on any atom is 0.0131 e. The van der Waals surface area contributed by atoms with Crippen molar-refractivity contribution in [2.75, 3.05) is 0 Å². The van der Waals surface area contributed by atoms with Gasteiger partial charge in [-0.2, -0.15) is 0 Å². The molecule has 0 heterocycles. The van der Waals surface area contributed by atoms with Crippen LogP contribution >= 0.6 is 0 Å². The Balaban J connectivity index is 2.01. The lowest BCUT2D eigenvalue weighted by molar-refractivity contribution is 0.114. The Kier molecular flexibility index (Phi) is 3.36. The van der Waals surface area contributed by atoms with Crippen molar-refractivity contribution in [3.05, 3.63) is 0 Å². The second kappa shape index (κ2) is 4.26. The standard InChI is InChI=1S/C16H31N/c1-11(2)9-12(3)17-14-10-13-7-8-16(14,6)15(13,4)5/h11-14,17H,7-10H2,1-6H3. The highest BCUT2D eigenvalue weighted by Gasteiger charge is 2.61. The van der Waals surface area contributed by atoms with Crippen molar-refractivity contribution in [3.8, 4) is 0 Å². The SMILES string of the molecule is CC(C)CC(C)NC1CC2CCC1(C)C2(C)C. The Hall–Kier alpha value is -0.0400. The van der Waals surface area contributed by atoms with Gasteiger partial charge in [0, 0.05) is 12.1 Å². The molecule has 0 aliphatic heterocycles. The molecule has 0 saturated heterocycles. The third-order valence-corrected chi connectivity index (χ3v) is 6.10. The molecule has 0 aromatic rings. The molecule has 0 radical (unpaired) electrons. The van der Waals surface area contributed by atoms with Crippen LogP contribution in [0, 0.1) is 22.7 Å². The van der Waals surface area contributed by atoms with Crippen LogP contribution < -0.4 is 5.32 Å². The number of rotatable bonds is 4. The lowest BCUT2D eigenvalue weighted by Crippen LogP contribution is -2.48. The maximum atomic E-state index is 3.94. The van der Waals surface area contributed by atoms with Gasteiger partial charge in [-0.25, -0.2) is 0 Å². The molecule has 2 rings (SSSR count). The molecule has 1 nitrogen and oxygen atoms in total. The molecule has 4 unspecified atom stereocenters. The average Bonchev–Trinajstić information content (AvgIpc) is 2.49. The van der Waals surface area contributed by atoms with E-state index in [0.29, 0.717) is 16.9 Å². The minimum absolute atomic E-state index is 0.531. The van der Waals surface area contributed by atoms with Crippen LogP contribution in [0.25, 0.3) is 0 Å². The summed E-state index contributed by atoms with van der Waals surface area (Å²) in [4.78, 5) is 0. The molecule has 2 saturated carbocycles. The first-order chi connectivity index (χ1) is 7.77. The van der Waals surface area contributed by atoms with Gasteiger partial charge in [0.05, 0.1) is 0 Å². The van der Waals surface area contributed by atoms with Gasteiger partial charge in [-0.15, -0.1) is 0 Å².